The van der Waals surface area contributed by atoms with Crippen LogP contribution < -0.4 is 0 Å². The Hall–Kier alpha value is -2.76. The van der Waals surface area contributed by atoms with Gasteiger partial charge in [0.05, 0.1) is 0 Å². The normalized spacial score (nSPS) is 27.2. The van der Waals surface area contributed by atoms with Gasteiger partial charge in [0, 0.05) is 34.6 Å². The molecular weight excluding hydrogens is 399 g/mol. The summed E-state index contributed by atoms with van der Waals surface area (Å²) in [6.07, 6.45) is -10.2. The Morgan fingerprint density at radius 1 is 0.724 bits per heavy atom. The van der Waals surface area contributed by atoms with Crippen molar-refractivity contribution >= 4 is 29.8 Å². The van der Waals surface area contributed by atoms with Crippen LogP contribution in [0.3, 0.4) is 0 Å². The average molecular weight is 422 g/mol. The molecule has 0 amide bonds. The lowest BCUT2D eigenvalue weighted by molar-refractivity contribution is -0.305. The van der Waals surface area contributed by atoms with Crippen molar-refractivity contribution in [1.82, 2.24) is 0 Å². The van der Waals surface area contributed by atoms with E-state index in [1.54, 1.807) is 0 Å². The number of carbonyl (C=O) groups excluding carboxylic acids is 5. The molecule has 0 aromatic heterocycles. The van der Waals surface area contributed by atoms with Crippen LogP contribution in [0.2, 0.25) is 0 Å². The molecule has 1 unspecified atom stereocenters. The standard InChI is InChI=1S/C17H23FO11/c1-7(19)24-6-12(18)13-14(25-8(2)20)15(26-9(3)21)16(27-10(4)22)17(29-13)28-11(5)23/h12-17H,6H2,1-5H3/t12-,13+,14+,15-,16-,17?/m0/s1. The van der Waals surface area contributed by atoms with Gasteiger partial charge in [0.15, 0.2) is 18.4 Å². The van der Waals surface area contributed by atoms with Crippen LogP contribution in [-0.2, 0) is 52.4 Å². The van der Waals surface area contributed by atoms with Crippen molar-refractivity contribution in [2.24, 2.45) is 0 Å². The minimum atomic E-state index is -2.07. The molecule has 0 aromatic carbocycles. The van der Waals surface area contributed by atoms with E-state index < -0.39 is 73.3 Å². The Bertz CT molecular complexity index is 649. The fraction of sp³-hybridized carbons (Fsp3) is 0.706. The van der Waals surface area contributed by atoms with Crippen LogP contribution in [0.15, 0.2) is 0 Å². The van der Waals surface area contributed by atoms with Crippen molar-refractivity contribution < 1.29 is 56.8 Å². The second-order valence-electron chi connectivity index (χ2n) is 6.12. The lowest BCUT2D eigenvalue weighted by Crippen LogP contribution is -2.64. The molecule has 0 aromatic rings. The van der Waals surface area contributed by atoms with Crippen molar-refractivity contribution in [2.75, 3.05) is 6.61 Å². The summed E-state index contributed by atoms with van der Waals surface area (Å²) in [6, 6.07) is 0. The monoisotopic (exact) mass is 422 g/mol. The van der Waals surface area contributed by atoms with E-state index in [0.29, 0.717) is 0 Å². The Kier molecular flexibility index (Phi) is 8.95. The van der Waals surface area contributed by atoms with Gasteiger partial charge in [-0.2, -0.15) is 0 Å². The van der Waals surface area contributed by atoms with Crippen LogP contribution in [0, 0.1) is 0 Å². The van der Waals surface area contributed by atoms with Gasteiger partial charge in [-0.15, -0.1) is 0 Å². The van der Waals surface area contributed by atoms with Crippen LogP contribution in [0.5, 0.6) is 0 Å². The Morgan fingerprint density at radius 3 is 1.62 bits per heavy atom. The maximum atomic E-state index is 14.8. The molecule has 6 atom stereocenters. The number of hydrogen-bond donors (Lipinski definition) is 0. The van der Waals surface area contributed by atoms with Crippen molar-refractivity contribution in [2.45, 2.75) is 71.5 Å². The lowest BCUT2D eigenvalue weighted by atomic mass is 9.95. The van der Waals surface area contributed by atoms with Gasteiger partial charge >= 0.3 is 29.8 Å². The van der Waals surface area contributed by atoms with Crippen molar-refractivity contribution in [1.29, 1.82) is 0 Å². The molecule has 1 fully saturated rings. The third-order valence-corrected chi connectivity index (χ3v) is 3.52. The summed E-state index contributed by atoms with van der Waals surface area (Å²) in [5.41, 5.74) is 0. The summed E-state index contributed by atoms with van der Waals surface area (Å²) in [6.45, 7) is 4.36. The van der Waals surface area contributed by atoms with Gasteiger partial charge in [-0.1, -0.05) is 0 Å². The van der Waals surface area contributed by atoms with Crippen LogP contribution >= 0.6 is 0 Å². The molecule has 29 heavy (non-hydrogen) atoms. The first-order chi connectivity index (χ1) is 13.4. The fourth-order valence-electron chi connectivity index (χ4n) is 2.65. The van der Waals surface area contributed by atoms with E-state index in [-0.39, 0.29) is 0 Å². The molecule has 1 aliphatic heterocycles. The zero-order chi connectivity index (χ0) is 22.3. The quantitative estimate of drug-likeness (QED) is 0.403. The van der Waals surface area contributed by atoms with E-state index in [0.717, 1.165) is 34.6 Å². The van der Waals surface area contributed by atoms with E-state index in [1.165, 1.54) is 0 Å². The number of rotatable bonds is 7. The summed E-state index contributed by atoms with van der Waals surface area (Å²) in [5, 5.41) is 0. The van der Waals surface area contributed by atoms with E-state index in [9.17, 15) is 28.4 Å². The predicted molar refractivity (Wildman–Crippen MR) is 88.6 cm³/mol. The molecule has 0 N–H and O–H groups in total. The minimum Gasteiger partial charge on any atom is -0.463 e. The Balaban J connectivity index is 3.35. The molecule has 0 spiro atoms. The van der Waals surface area contributed by atoms with E-state index in [2.05, 4.69) is 4.74 Å². The highest BCUT2D eigenvalue weighted by Gasteiger charge is 2.55. The molecule has 0 radical (unpaired) electrons. The summed E-state index contributed by atoms with van der Waals surface area (Å²) in [4.78, 5) is 57.0. The van der Waals surface area contributed by atoms with Gasteiger partial charge < -0.3 is 28.4 Å². The van der Waals surface area contributed by atoms with E-state index >= 15 is 0 Å². The third kappa shape index (κ3) is 7.64. The summed E-state index contributed by atoms with van der Waals surface area (Å²) < 4.78 is 44.9. The van der Waals surface area contributed by atoms with Crippen molar-refractivity contribution in [3.05, 3.63) is 0 Å². The molecule has 11 nitrogen and oxygen atoms in total. The molecular formula is C17H23FO11. The van der Waals surface area contributed by atoms with Crippen LogP contribution in [0.4, 0.5) is 4.39 Å². The number of hydrogen-bond acceptors (Lipinski definition) is 11. The smallest absolute Gasteiger partial charge is 0.305 e. The largest absolute Gasteiger partial charge is 0.463 e. The lowest BCUT2D eigenvalue weighted by Gasteiger charge is -2.44. The SMILES string of the molecule is CC(=O)OC[C@H](F)[C@H]1OC(OC(C)=O)[C@@H](OC(C)=O)[C@@H](OC(C)=O)[C@@H]1OC(C)=O. The topological polar surface area (TPSA) is 141 Å². The molecule has 0 aliphatic carbocycles. The number of esters is 5. The first-order valence-electron chi connectivity index (χ1n) is 8.54. The number of alkyl halides is 1. The highest BCUT2D eigenvalue weighted by atomic mass is 19.1. The first kappa shape index (κ1) is 24.3. The van der Waals surface area contributed by atoms with Crippen LogP contribution in [0.1, 0.15) is 34.6 Å². The number of halogens is 1. The Morgan fingerprint density at radius 2 is 1.17 bits per heavy atom. The van der Waals surface area contributed by atoms with E-state index in [4.69, 9.17) is 23.7 Å². The van der Waals surface area contributed by atoms with Crippen LogP contribution in [-0.4, -0.2) is 73.3 Å². The van der Waals surface area contributed by atoms with Gasteiger partial charge in [0.2, 0.25) is 12.4 Å². The summed E-state index contributed by atoms with van der Waals surface area (Å²) >= 11 is 0. The molecule has 1 saturated heterocycles. The van der Waals surface area contributed by atoms with Crippen molar-refractivity contribution in [3.63, 3.8) is 0 Å². The maximum absolute atomic E-state index is 14.8. The Labute approximate surface area is 165 Å². The fourth-order valence-corrected chi connectivity index (χ4v) is 2.65. The van der Waals surface area contributed by atoms with Gasteiger partial charge in [-0.3, -0.25) is 24.0 Å². The van der Waals surface area contributed by atoms with Gasteiger partial charge in [-0.25, -0.2) is 4.39 Å². The third-order valence-electron chi connectivity index (χ3n) is 3.52. The molecule has 0 saturated carbocycles. The number of carbonyl (C=O) groups is 5. The summed E-state index contributed by atoms with van der Waals surface area (Å²) in [5.74, 6) is -4.26. The highest BCUT2D eigenvalue weighted by molar-refractivity contribution is 5.69. The predicted octanol–water partition coefficient (Wildman–Crippen LogP) is -0.0293. The molecule has 1 aliphatic rings. The van der Waals surface area contributed by atoms with Gasteiger partial charge in [0.25, 0.3) is 0 Å². The molecule has 164 valence electrons. The van der Waals surface area contributed by atoms with Crippen molar-refractivity contribution in [3.8, 4) is 0 Å². The molecule has 1 heterocycles. The minimum absolute atomic E-state index is 0.779. The average Bonchev–Trinajstić information content (AvgIpc) is 2.55. The molecule has 12 heteroatoms. The van der Waals surface area contributed by atoms with Gasteiger partial charge in [0.1, 0.15) is 12.7 Å². The second kappa shape index (κ2) is 10.7. The molecule has 0 bridgehead atoms. The maximum Gasteiger partial charge on any atom is 0.305 e. The highest BCUT2D eigenvalue weighted by Crippen LogP contribution is 2.32. The second-order valence-corrected chi connectivity index (χ2v) is 6.12. The molecule has 1 rings (SSSR count). The van der Waals surface area contributed by atoms with E-state index in [1.807, 2.05) is 0 Å². The van der Waals surface area contributed by atoms with Gasteiger partial charge in [-0.05, 0) is 0 Å². The van der Waals surface area contributed by atoms with Crippen LogP contribution in [0.25, 0.3) is 0 Å². The zero-order valence-electron chi connectivity index (χ0n) is 16.5. The number of ether oxygens (including phenoxy) is 6. The first-order valence-corrected chi connectivity index (χ1v) is 8.54. The summed E-state index contributed by atoms with van der Waals surface area (Å²) in [7, 11) is 0. The zero-order valence-corrected chi connectivity index (χ0v) is 16.5.